The van der Waals surface area contributed by atoms with Crippen LogP contribution in [0.1, 0.15) is 47.1 Å². The normalized spacial score (nSPS) is 25.6. The van der Waals surface area contributed by atoms with E-state index in [2.05, 4.69) is 0 Å². The molecule has 9 nitrogen and oxygen atoms in total. The molecule has 0 N–H and O–H groups in total. The van der Waals surface area contributed by atoms with Crippen molar-refractivity contribution >= 4 is 17.8 Å². The van der Waals surface area contributed by atoms with E-state index in [0.717, 1.165) is 10.5 Å². The van der Waals surface area contributed by atoms with Gasteiger partial charge in [-0.1, -0.05) is 42.5 Å². The number of carbonyl (C=O) groups is 3. The average molecular weight is 498 g/mol. The molecule has 0 radical (unpaired) electrons. The third-order valence-corrected chi connectivity index (χ3v) is 6.16. The van der Waals surface area contributed by atoms with E-state index < -0.39 is 48.4 Å². The van der Waals surface area contributed by atoms with Crippen LogP contribution in [0.15, 0.2) is 54.6 Å². The predicted octanol–water partition coefficient (Wildman–Crippen LogP) is 2.97. The molecule has 2 amide bonds. The molecular formula is C27H31NO8. The zero-order valence-electron chi connectivity index (χ0n) is 20.6. The van der Waals surface area contributed by atoms with E-state index >= 15 is 0 Å². The number of rotatable bonds is 10. The highest BCUT2D eigenvalue weighted by Crippen LogP contribution is 2.35. The maximum atomic E-state index is 13.5. The molecule has 2 aromatic carbocycles. The summed E-state index contributed by atoms with van der Waals surface area (Å²) in [4.78, 5) is 39.6. The first-order valence-electron chi connectivity index (χ1n) is 12.1. The summed E-state index contributed by atoms with van der Waals surface area (Å²) in [5.74, 6) is -1.36. The zero-order chi connectivity index (χ0) is 25.7. The van der Waals surface area contributed by atoms with Crippen molar-refractivity contribution in [3.05, 3.63) is 71.3 Å². The molecule has 0 spiro atoms. The summed E-state index contributed by atoms with van der Waals surface area (Å²) in [5, 5.41) is 0. The van der Waals surface area contributed by atoms with Crippen molar-refractivity contribution in [3.63, 3.8) is 0 Å². The minimum absolute atomic E-state index is 0.0936. The van der Waals surface area contributed by atoms with Gasteiger partial charge in [-0.3, -0.25) is 19.3 Å². The van der Waals surface area contributed by atoms with Crippen LogP contribution >= 0.6 is 0 Å². The first-order valence-corrected chi connectivity index (χ1v) is 12.1. The molecule has 2 aromatic rings. The monoisotopic (exact) mass is 497 g/mol. The topological polar surface area (TPSA) is 101 Å². The Hall–Kier alpha value is -3.11. The fourth-order valence-corrected chi connectivity index (χ4v) is 4.63. The fraction of sp³-hybridized carbons (Fsp3) is 0.444. The summed E-state index contributed by atoms with van der Waals surface area (Å²) in [6.45, 7) is 5.60. The number of fused-ring (bicyclic) bond motifs is 1. The van der Waals surface area contributed by atoms with Crippen molar-refractivity contribution < 1.29 is 38.1 Å². The van der Waals surface area contributed by atoms with Crippen LogP contribution in [-0.2, 0) is 35.1 Å². The highest BCUT2D eigenvalue weighted by Gasteiger charge is 2.55. The second-order valence-corrected chi connectivity index (χ2v) is 8.50. The summed E-state index contributed by atoms with van der Waals surface area (Å²) in [7, 11) is 0. The molecule has 36 heavy (non-hydrogen) atoms. The van der Waals surface area contributed by atoms with Gasteiger partial charge in [0.2, 0.25) is 0 Å². The van der Waals surface area contributed by atoms with Crippen LogP contribution < -0.4 is 0 Å². The molecule has 0 bridgehead atoms. The second kappa shape index (κ2) is 11.7. The molecule has 0 unspecified atom stereocenters. The van der Waals surface area contributed by atoms with Gasteiger partial charge in [0, 0.05) is 20.1 Å². The molecule has 0 aliphatic carbocycles. The standard InChI is InChI=1S/C27H31NO8/c1-4-32-23-21(16-34-17(3)29)36-27(33-5-2)22(24(23)35-15-18-11-7-6-8-12-18)28-25(30)19-13-9-10-14-20(19)26(28)31/h6-14,21-24,27H,4-5,15-16H2,1-3H3/t21-,22+,23-,24-,27+/m1/s1. The van der Waals surface area contributed by atoms with Crippen molar-refractivity contribution in [2.45, 2.75) is 58.0 Å². The Kier molecular flexibility index (Phi) is 8.48. The molecule has 1 fully saturated rings. The lowest BCUT2D eigenvalue weighted by atomic mass is 9.94. The molecule has 4 rings (SSSR count). The Morgan fingerprint density at radius 3 is 2.06 bits per heavy atom. The Labute approximate surface area is 210 Å². The van der Waals surface area contributed by atoms with Crippen molar-refractivity contribution in [1.29, 1.82) is 0 Å². The molecule has 1 saturated heterocycles. The summed E-state index contributed by atoms with van der Waals surface area (Å²) in [5.41, 5.74) is 1.54. The molecule has 2 aliphatic rings. The van der Waals surface area contributed by atoms with Crippen LogP contribution in [0.4, 0.5) is 0 Å². The molecular weight excluding hydrogens is 466 g/mol. The molecule has 5 atom stereocenters. The Morgan fingerprint density at radius 1 is 0.861 bits per heavy atom. The van der Waals surface area contributed by atoms with Crippen molar-refractivity contribution in [3.8, 4) is 0 Å². The quantitative estimate of drug-likeness (QED) is 0.365. The van der Waals surface area contributed by atoms with Crippen LogP contribution in [0.3, 0.4) is 0 Å². The van der Waals surface area contributed by atoms with E-state index in [-0.39, 0.29) is 19.8 Å². The lowest BCUT2D eigenvalue weighted by molar-refractivity contribution is -0.294. The van der Waals surface area contributed by atoms with Gasteiger partial charge in [-0.15, -0.1) is 0 Å². The van der Waals surface area contributed by atoms with E-state index in [9.17, 15) is 14.4 Å². The minimum Gasteiger partial charge on any atom is -0.463 e. The molecule has 0 saturated carbocycles. The highest BCUT2D eigenvalue weighted by atomic mass is 16.7. The number of hydrogen-bond donors (Lipinski definition) is 0. The van der Waals surface area contributed by atoms with Crippen molar-refractivity contribution in [1.82, 2.24) is 4.90 Å². The largest absolute Gasteiger partial charge is 0.463 e. The first-order chi connectivity index (χ1) is 17.5. The SMILES string of the molecule is CCO[C@H]1O[C@H](COC(C)=O)[C@@H](OCC)[C@H](OCc2ccccc2)[C@@H]1N1C(=O)c2ccccc2C1=O. The summed E-state index contributed by atoms with van der Waals surface area (Å²) in [6, 6.07) is 15.3. The van der Waals surface area contributed by atoms with Gasteiger partial charge in [0.1, 0.15) is 31.0 Å². The van der Waals surface area contributed by atoms with E-state index in [1.54, 1.807) is 31.2 Å². The highest BCUT2D eigenvalue weighted by molar-refractivity contribution is 6.21. The number of imide groups is 1. The predicted molar refractivity (Wildman–Crippen MR) is 128 cm³/mol. The van der Waals surface area contributed by atoms with Gasteiger partial charge in [-0.2, -0.15) is 0 Å². The first kappa shape index (κ1) is 26.0. The van der Waals surface area contributed by atoms with Crippen molar-refractivity contribution in [2.75, 3.05) is 19.8 Å². The maximum Gasteiger partial charge on any atom is 0.302 e. The summed E-state index contributed by atoms with van der Waals surface area (Å²) >= 11 is 0. The number of benzene rings is 2. The number of hydrogen-bond acceptors (Lipinski definition) is 8. The molecule has 2 aliphatic heterocycles. The lowest BCUT2D eigenvalue weighted by Crippen LogP contribution is -2.67. The number of esters is 1. The smallest absolute Gasteiger partial charge is 0.302 e. The van der Waals surface area contributed by atoms with Crippen LogP contribution in [0.5, 0.6) is 0 Å². The van der Waals surface area contributed by atoms with E-state index in [1.165, 1.54) is 6.92 Å². The summed E-state index contributed by atoms with van der Waals surface area (Å²) in [6.07, 6.45) is -3.32. The number of ether oxygens (including phenoxy) is 5. The number of nitrogens with zero attached hydrogens (tertiary/aromatic N) is 1. The minimum atomic E-state index is -1.02. The van der Waals surface area contributed by atoms with Crippen LogP contribution in [0.25, 0.3) is 0 Å². The molecule has 2 heterocycles. The Bertz CT molecular complexity index is 1040. The van der Waals surface area contributed by atoms with Gasteiger partial charge in [0.15, 0.2) is 6.29 Å². The number of amides is 2. The number of carbonyl (C=O) groups excluding carboxylic acids is 3. The van der Waals surface area contributed by atoms with Gasteiger partial charge in [0.25, 0.3) is 11.8 Å². The van der Waals surface area contributed by atoms with E-state index in [4.69, 9.17) is 23.7 Å². The van der Waals surface area contributed by atoms with Gasteiger partial charge < -0.3 is 23.7 Å². The maximum absolute atomic E-state index is 13.5. The van der Waals surface area contributed by atoms with E-state index in [1.807, 2.05) is 37.3 Å². The zero-order valence-corrected chi connectivity index (χ0v) is 20.6. The molecule has 9 heteroatoms. The van der Waals surface area contributed by atoms with Crippen LogP contribution in [0.2, 0.25) is 0 Å². The Morgan fingerprint density at radius 2 is 1.47 bits per heavy atom. The summed E-state index contributed by atoms with van der Waals surface area (Å²) < 4.78 is 29.8. The van der Waals surface area contributed by atoms with Gasteiger partial charge >= 0.3 is 5.97 Å². The Balaban J connectivity index is 1.73. The van der Waals surface area contributed by atoms with Gasteiger partial charge in [-0.05, 0) is 31.5 Å². The fourth-order valence-electron chi connectivity index (χ4n) is 4.63. The van der Waals surface area contributed by atoms with Crippen LogP contribution in [-0.4, -0.2) is 73.1 Å². The van der Waals surface area contributed by atoms with Crippen molar-refractivity contribution in [2.24, 2.45) is 0 Å². The van der Waals surface area contributed by atoms with Crippen LogP contribution in [0, 0.1) is 0 Å². The van der Waals surface area contributed by atoms with E-state index in [0.29, 0.717) is 17.7 Å². The molecule has 192 valence electrons. The van der Waals surface area contributed by atoms with Gasteiger partial charge in [-0.25, -0.2) is 0 Å². The second-order valence-electron chi connectivity index (χ2n) is 8.50. The molecule has 0 aromatic heterocycles. The van der Waals surface area contributed by atoms with Gasteiger partial charge in [0.05, 0.1) is 17.7 Å². The third-order valence-electron chi connectivity index (χ3n) is 6.16. The average Bonchev–Trinajstić information content (AvgIpc) is 3.13. The lowest BCUT2D eigenvalue weighted by Gasteiger charge is -2.48. The third kappa shape index (κ3) is 5.34.